The topological polar surface area (TPSA) is 106 Å². The highest BCUT2D eigenvalue weighted by molar-refractivity contribution is 7.09. The van der Waals surface area contributed by atoms with Gasteiger partial charge >= 0.3 is 0 Å². The first kappa shape index (κ1) is 26.1. The van der Waals surface area contributed by atoms with Crippen LogP contribution in [0.25, 0.3) is 0 Å². The van der Waals surface area contributed by atoms with Crippen LogP contribution in [0.4, 0.5) is 8.78 Å². The molecule has 2 fully saturated rings. The average molecular weight is 542 g/mol. The third-order valence-electron chi connectivity index (χ3n) is 7.34. The second-order valence-electron chi connectivity index (χ2n) is 10.0. The van der Waals surface area contributed by atoms with Crippen LogP contribution in [0.5, 0.6) is 0 Å². The SMILES string of the molecule is O=C(NCc1nccs1)C(=O)[C@@H](Cc1ccccc1)NC(=O)C1(n2ccc(C3CCC(F)(F)CC3)n2)CC1. The molecule has 200 valence electrons. The van der Waals surface area contributed by atoms with Crippen molar-refractivity contribution in [3.8, 4) is 0 Å². The van der Waals surface area contributed by atoms with E-state index < -0.39 is 29.2 Å². The number of Topliss-reactive ketones (excluding diaryl/α,β-unsaturated/α-hetero) is 1. The fraction of sp³-hybridized carbons (Fsp3) is 0.444. The molecule has 2 saturated carbocycles. The van der Waals surface area contributed by atoms with Gasteiger partial charge in [-0.15, -0.1) is 11.3 Å². The Kier molecular flexibility index (Phi) is 7.38. The van der Waals surface area contributed by atoms with Gasteiger partial charge in [-0.3, -0.25) is 19.1 Å². The predicted octanol–water partition coefficient (Wildman–Crippen LogP) is 3.73. The molecule has 2 N–H and O–H groups in total. The van der Waals surface area contributed by atoms with Crippen molar-refractivity contribution in [2.75, 3.05) is 0 Å². The van der Waals surface area contributed by atoms with E-state index in [9.17, 15) is 23.2 Å². The quantitative estimate of drug-likeness (QED) is 0.381. The minimum atomic E-state index is -2.62. The van der Waals surface area contributed by atoms with E-state index in [0.717, 1.165) is 5.56 Å². The summed E-state index contributed by atoms with van der Waals surface area (Å²) in [5, 5.41) is 12.5. The molecule has 38 heavy (non-hydrogen) atoms. The molecule has 1 atom stereocenters. The highest BCUT2D eigenvalue weighted by Gasteiger charge is 2.53. The van der Waals surface area contributed by atoms with Crippen LogP contribution in [0.1, 0.15) is 60.7 Å². The number of carbonyl (C=O) groups excluding carboxylic acids is 3. The predicted molar refractivity (Wildman–Crippen MR) is 137 cm³/mol. The highest BCUT2D eigenvalue weighted by Crippen LogP contribution is 2.45. The van der Waals surface area contributed by atoms with Gasteiger partial charge in [0, 0.05) is 43.0 Å². The molecule has 8 nitrogen and oxygen atoms in total. The molecule has 2 aliphatic rings. The van der Waals surface area contributed by atoms with Gasteiger partial charge in [-0.2, -0.15) is 5.10 Å². The number of rotatable bonds is 10. The zero-order chi connectivity index (χ0) is 26.8. The summed E-state index contributed by atoms with van der Waals surface area (Å²) in [5.74, 6) is -4.60. The molecule has 0 unspecified atom stereocenters. The van der Waals surface area contributed by atoms with Crippen LogP contribution in [0.15, 0.2) is 54.2 Å². The van der Waals surface area contributed by atoms with Gasteiger partial charge in [0.15, 0.2) is 0 Å². The molecule has 2 aromatic heterocycles. The Hall–Kier alpha value is -3.47. The van der Waals surface area contributed by atoms with E-state index in [4.69, 9.17) is 0 Å². The largest absolute Gasteiger partial charge is 0.343 e. The van der Waals surface area contributed by atoms with Crippen molar-refractivity contribution in [2.45, 2.75) is 74.9 Å². The molecule has 0 aliphatic heterocycles. The van der Waals surface area contributed by atoms with Crippen molar-refractivity contribution in [3.63, 3.8) is 0 Å². The van der Waals surface area contributed by atoms with Crippen molar-refractivity contribution in [1.29, 1.82) is 0 Å². The van der Waals surface area contributed by atoms with E-state index in [0.29, 0.717) is 36.4 Å². The van der Waals surface area contributed by atoms with E-state index in [1.807, 2.05) is 30.3 Å². The maximum Gasteiger partial charge on any atom is 0.289 e. The second kappa shape index (κ2) is 10.7. The number of ketones is 1. The number of hydrogen-bond acceptors (Lipinski definition) is 6. The monoisotopic (exact) mass is 541 g/mol. The number of aromatic nitrogens is 3. The molecule has 0 bridgehead atoms. The van der Waals surface area contributed by atoms with Gasteiger partial charge < -0.3 is 10.6 Å². The highest BCUT2D eigenvalue weighted by atomic mass is 32.1. The molecule has 1 aromatic carbocycles. The number of nitrogens with zero attached hydrogens (tertiary/aromatic N) is 3. The van der Waals surface area contributed by atoms with Crippen LogP contribution in [0, 0.1) is 0 Å². The average Bonchev–Trinajstić information content (AvgIpc) is 3.30. The summed E-state index contributed by atoms with van der Waals surface area (Å²) in [6, 6.07) is 9.91. The van der Waals surface area contributed by atoms with E-state index in [2.05, 4.69) is 20.7 Å². The standard InChI is InChI=1S/C27H29F2N5O3S/c28-27(29)9-6-19(7-10-27)20-8-14-34(33-20)26(11-12-26)25(37)32-21(16-18-4-2-1-3-5-18)23(35)24(36)31-17-22-30-13-15-38-22/h1-5,8,13-15,19,21H,6-7,9-12,16-17H2,(H,31,36)(H,32,37)/t21-/m1/s1. The summed E-state index contributed by atoms with van der Waals surface area (Å²) in [7, 11) is 0. The lowest BCUT2D eigenvalue weighted by Gasteiger charge is -2.27. The van der Waals surface area contributed by atoms with Gasteiger partial charge in [-0.25, -0.2) is 13.8 Å². The molecular weight excluding hydrogens is 512 g/mol. The number of alkyl halides is 2. The van der Waals surface area contributed by atoms with Gasteiger partial charge in [0.2, 0.25) is 17.6 Å². The van der Waals surface area contributed by atoms with Gasteiger partial charge in [0.25, 0.3) is 5.91 Å². The van der Waals surface area contributed by atoms with Crippen molar-refractivity contribution in [2.24, 2.45) is 0 Å². The van der Waals surface area contributed by atoms with E-state index in [1.165, 1.54) is 11.3 Å². The van der Waals surface area contributed by atoms with Crippen LogP contribution < -0.4 is 10.6 Å². The molecule has 0 radical (unpaired) electrons. The Bertz CT molecular complexity index is 1280. The minimum Gasteiger partial charge on any atom is -0.343 e. The fourth-order valence-electron chi connectivity index (χ4n) is 4.90. The Morgan fingerprint density at radius 1 is 1.08 bits per heavy atom. The summed E-state index contributed by atoms with van der Waals surface area (Å²) in [4.78, 5) is 43.5. The number of halogens is 2. The summed E-state index contributed by atoms with van der Waals surface area (Å²) in [6.07, 6.45) is 4.94. The van der Waals surface area contributed by atoms with E-state index in [-0.39, 0.29) is 37.6 Å². The normalized spacial score (nSPS) is 18.9. The van der Waals surface area contributed by atoms with Gasteiger partial charge in [0.05, 0.1) is 12.2 Å². The molecular formula is C27H29F2N5O3S. The molecule has 0 spiro atoms. The zero-order valence-electron chi connectivity index (χ0n) is 20.7. The molecule has 0 saturated heterocycles. The first-order valence-electron chi connectivity index (χ1n) is 12.7. The second-order valence-corrected chi connectivity index (χ2v) is 11.0. The number of amides is 2. The van der Waals surface area contributed by atoms with Crippen molar-refractivity contribution >= 4 is 28.9 Å². The molecule has 2 amide bonds. The van der Waals surface area contributed by atoms with E-state index in [1.54, 1.807) is 28.5 Å². The number of benzene rings is 1. The lowest BCUT2D eigenvalue weighted by molar-refractivity contribution is -0.140. The summed E-state index contributed by atoms with van der Waals surface area (Å²) in [5.41, 5.74) is 0.556. The van der Waals surface area contributed by atoms with Gasteiger partial charge in [0.1, 0.15) is 16.6 Å². The zero-order valence-corrected chi connectivity index (χ0v) is 21.6. The number of thiazole rings is 1. The molecule has 11 heteroatoms. The Morgan fingerprint density at radius 3 is 2.47 bits per heavy atom. The van der Waals surface area contributed by atoms with Crippen LogP contribution in [-0.4, -0.2) is 44.3 Å². The Morgan fingerprint density at radius 2 is 1.82 bits per heavy atom. The molecule has 2 heterocycles. The van der Waals surface area contributed by atoms with Crippen molar-refractivity contribution in [1.82, 2.24) is 25.4 Å². The van der Waals surface area contributed by atoms with Crippen LogP contribution in [0.2, 0.25) is 0 Å². The molecule has 5 rings (SSSR count). The van der Waals surface area contributed by atoms with Gasteiger partial charge in [-0.1, -0.05) is 30.3 Å². The van der Waals surface area contributed by atoms with Crippen molar-refractivity contribution < 1.29 is 23.2 Å². The van der Waals surface area contributed by atoms with Crippen molar-refractivity contribution in [3.05, 3.63) is 70.4 Å². The van der Waals surface area contributed by atoms with Crippen LogP contribution in [0.3, 0.4) is 0 Å². The number of hydrogen-bond donors (Lipinski definition) is 2. The maximum atomic E-state index is 13.6. The third kappa shape index (κ3) is 5.82. The Balaban J connectivity index is 1.28. The lowest BCUT2D eigenvalue weighted by Crippen LogP contribution is -2.52. The summed E-state index contributed by atoms with van der Waals surface area (Å²) in [6.45, 7) is 0.126. The number of nitrogens with one attached hydrogen (secondary N) is 2. The first-order chi connectivity index (χ1) is 18.3. The lowest BCUT2D eigenvalue weighted by atomic mass is 9.85. The van der Waals surface area contributed by atoms with Crippen LogP contribution >= 0.6 is 11.3 Å². The summed E-state index contributed by atoms with van der Waals surface area (Å²) < 4.78 is 28.8. The minimum absolute atomic E-state index is 0.0660. The Labute approximate surface area is 222 Å². The fourth-order valence-corrected chi connectivity index (χ4v) is 5.46. The molecule has 3 aromatic rings. The molecule has 2 aliphatic carbocycles. The summed E-state index contributed by atoms with van der Waals surface area (Å²) >= 11 is 1.37. The van der Waals surface area contributed by atoms with E-state index >= 15 is 0 Å². The smallest absolute Gasteiger partial charge is 0.289 e. The maximum absolute atomic E-state index is 13.6. The van der Waals surface area contributed by atoms with Gasteiger partial charge in [-0.05, 0) is 37.3 Å². The third-order valence-corrected chi connectivity index (χ3v) is 8.12. The number of carbonyl (C=O) groups is 3. The first-order valence-corrected chi connectivity index (χ1v) is 13.6. The van der Waals surface area contributed by atoms with Crippen LogP contribution in [-0.2, 0) is 32.9 Å².